The third kappa shape index (κ3) is 4.06. The summed E-state index contributed by atoms with van der Waals surface area (Å²) < 4.78 is 10.9. The fraction of sp³-hybridized carbons (Fsp3) is 0.308. The van der Waals surface area contributed by atoms with Crippen molar-refractivity contribution in [2.75, 3.05) is 14.2 Å². The van der Waals surface area contributed by atoms with Gasteiger partial charge in [0.25, 0.3) is 0 Å². The summed E-state index contributed by atoms with van der Waals surface area (Å²) in [5.74, 6) is 2.13. The van der Waals surface area contributed by atoms with Gasteiger partial charge in [-0.2, -0.15) is 0 Å². The molecule has 3 aromatic rings. The van der Waals surface area contributed by atoms with E-state index in [0.717, 1.165) is 29.0 Å². The van der Waals surface area contributed by atoms with Gasteiger partial charge in [0, 0.05) is 5.92 Å². The molecule has 0 amide bonds. The van der Waals surface area contributed by atoms with Gasteiger partial charge in [0.1, 0.15) is 11.5 Å². The van der Waals surface area contributed by atoms with Crippen LogP contribution >= 0.6 is 0 Å². The maximum Gasteiger partial charge on any atom is 0.121 e. The molecular weight excluding hydrogens is 344 g/mol. The monoisotopic (exact) mass is 374 g/mol. The molecule has 3 aromatic carbocycles. The van der Waals surface area contributed by atoms with Gasteiger partial charge in [-0.25, -0.2) is 0 Å². The molecule has 3 rings (SSSR count). The van der Waals surface area contributed by atoms with Crippen LogP contribution in [0.5, 0.6) is 11.5 Å². The molecule has 0 spiro atoms. The van der Waals surface area contributed by atoms with E-state index in [0.29, 0.717) is 0 Å². The fourth-order valence-corrected chi connectivity index (χ4v) is 4.04. The largest absolute Gasteiger partial charge is 0.496 e. The van der Waals surface area contributed by atoms with Gasteiger partial charge in [0.05, 0.1) is 14.2 Å². The van der Waals surface area contributed by atoms with E-state index in [2.05, 4.69) is 82.3 Å². The SMILES string of the molecule is COc1ccc(C(Cc2c(C)cccc2C)c2ccc(OC)c(C)c2)cc1C. The summed E-state index contributed by atoms with van der Waals surface area (Å²) in [4.78, 5) is 0. The van der Waals surface area contributed by atoms with Crippen LogP contribution in [0.15, 0.2) is 54.6 Å². The predicted octanol–water partition coefficient (Wildman–Crippen LogP) is 6.31. The Hall–Kier alpha value is -2.74. The van der Waals surface area contributed by atoms with Crippen LogP contribution in [-0.2, 0) is 6.42 Å². The first-order chi connectivity index (χ1) is 13.4. The van der Waals surface area contributed by atoms with Crippen LogP contribution in [0.25, 0.3) is 0 Å². The molecule has 0 saturated heterocycles. The highest BCUT2D eigenvalue weighted by Gasteiger charge is 2.19. The first-order valence-electron chi connectivity index (χ1n) is 9.78. The lowest BCUT2D eigenvalue weighted by Gasteiger charge is -2.22. The Kier molecular flexibility index (Phi) is 6.08. The van der Waals surface area contributed by atoms with E-state index in [9.17, 15) is 0 Å². The van der Waals surface area contributed by atoms with Crippen LogP contribution in [0.4, 0.5) is 0 Å². The van der Waals surface area contributed by atoms with Crippen molar-refractivity contribution in [3.05, 3.63) is 93.5 Å². The molecule has 0 unspecified atom stereocenters. The number of methoxy groups -OCH3 is 2. The molecule has 28 heavy (non-hydrogen) atoms. The van der Waals surface area contributed by atoms with Gasteiger partial charge in [-0.15, -0.1) is 0 Å². The zero-order chi connectivity index (χ0) is 20.3. The van der Waals surface area contributed by atoms with Crippen LogP contribution in [0.1, 0.15) is 44.9 Å². The lowest BCUT2D eigenvalue weighted by atomic mass is 9.82. The molecule has 0 saturated carbocycles. The van der Waals surface area contributed by atoms with Gasteiger partial charge in [-0.3, -0.25) is 0 Å². The third-order valence-corrected chi connectivity index (χ3v) is 5.70. The lowest BCUT2D eigenvalue weighted by Crippen LogP contribution is -2.09. The average molecular weight is 375 g/mol. The van der Waals surface area contributed by atoms with Crippen molar-refractivity contribution in [1.29, 1.82) is 0 Å². The molecule has 0 aromatic heterocycles. The van der Waals surface area contributed by atoms with Crippen molar-refractivity contribution < 1.29 is 9.47 Å². The Morgan fingerprint density at radius 2 is 1.11 bits per heavy atom. The molecule has 0 bridgehead atoms. The highest BCUT2D eigenvalue weighted by Crippen LogP contribution is 2.35. The zero-order valence-electron chi connectivity index (χ0n) is 17.8. The Labute approximate surface area is 169 Å². The van der Waals surface area contributed by atoms with Crippen molar-refractivity contribution in [2.24, 2.45) is 0 Å². The number of benzene rings is 3. The second-order valence-corrected chi connectivity index (χ2v) is 7.59. The summed E-state index contributed by atoms with van der Waals surface area (Å²) in [5, 5.41) is 0. The van der Waals surface area contributed by atoms with Gasteiger partial charge in [-0.1, -0.05) is 42.5 Å². The second-order valence-electron chi connectivity index (χ2n) is 7.59. The summed E-state index contributed by atoms with van der Waals surface area (Å²) >= 11 is 0. The van der Waals surface area contributed by atoms with Crippen molar-refractivity contribution in [3.63, 3.8) is 0 Å². The van der Waals surface area contributed by atoms with Gasteiger partial charge in [0.15, 0.2) is 0 Å². The Bertz CT molecular complexity index is 898. The van der Waals surface area contributed by atoms with Gasteiger partial charge in [-0.05, 0) is 85.2 Å². The summed E-state index contributed by atoms with van der Waals surface area (Å²) in [6.07, 6.45) is 0.968. The maximum absolute atomic E-state index is 5.47. The predicted molar refractivity (Wildman–Crippen MR) is 117 cm³/mol. The molecular formula is C26H30O2. The quantitative estimate of drug-likeness (QED) is 0.503. The summed E-state index contributed by atoms with van der Waals surface area (Å²) in [7, 11) is 3.45. The zero-order valence-corrected chi connectivity index (χ0v) is 17.8. The van der Waals surface area contributed by atoms with E-state index in [1.807, 2.05) is 0 Å². The molecule has 0 fully saturated rings. The lowest BCUT2D eigenvalue weighted by molar-refractivity contribution is 0.411. The smallest absolute Gasteiger partial charge is 0.121 e. The summed E-state index contributed by atoms with van der Waals surface area (Å²) in [6.45, 7) is 8.63. The number of rotatable bonds is 6. The number of hydrogen-bond donors (Lipinski definition) is 0. The van der Waals surface area contributed by atoms with Gasteiger partial charge < -0.3 is 9.47 Å². The molecule has 0 aliphatic carbocycles. The van der Waals surface area contributed by atoms with E-state index in [1.165, 1.54) is 27.8 Å². The molecule has 146 valence electrons. The number of ether oxygens (including phenoxy) is 2. The van der Waals surface area contributed by atoms with E-state index in [4.69, 9.17) is 9.47 Å². The molecule has 0 atom stereocenters. The highest BCUT2D eigenvalue weighted by atomic mass is 16.5. The van der Waals surface area contributed by atoms with E-state index >= 15 is 0 Å². The Morgan fingerprint density at radius 3 is 1.50 bits per heavy atom. The van der Waals surface area contributed by atoms with Crippen LogP contribution < -0.4 is 9.47 Å². The number of hydrogen-bond acceptors (Lipinski definition) is 2. The summed E-state index contributed by atoms with van der Waals surface area (Å²) in [5.41, 5.74) is 9.07. The molecule has 2 nitrogen and oxygen atoms in total. The minimum Gasteiger partial charge on any atom is -0.496 e. The first kappa shape index (κ1) is 20.0. The highest BCUT2D eigenvalue weighted by molar-refractivity contribution is 5.46. The minimum absolute atomic E-state index is 0.272. The molecule has 2 heteroatoms. The van der Waals surface area contributed by atoms with Crippen molar-refractivity contribution in [2.45, 2.75) is 40.0 Å². The van der Waals surface area contributed by atoms with Crippen LogP contribution in [0.3, 0.4) is 0 Å². The maximum atomic E-state index is 5.47. The number of aryl methyl sites for hydroxylation is 4. The third-order valence-electron chi connectivity index (χ3n) is 5.70. The summed E-state index contributed by atoms with van der Waals surface area (Å²) in [6, 6.07) is 19.6. The topological polar surface area (TPSA) is 18.5 Å². The first-order valence-corrected chi connectivity index (χ1v) is 9.78. The molecule has 0 aliphatic rings. The van der Waals surface area contributed by atoms with E-state index in [-0.39, 0.29) is 5.92 Å². The van der Waals surface area contributed by atoms with Crippen LogP contribution in [0, 0.1) is 27.7 Å². The Morgan fingerprint density at radius 1 is 0.643 bits per heavy atom. The van der Waals surface area contributed by atoms with E-state index in [1.54, 1.807) is 14.2 Å². The normalized spacial score (nSPS) is 11.0. The van der Waals surface area contributed by atoms with Crippen LogP contribution in [-0.4, -0.2) is 14.2 Å². The van der Waals surface area contributed by atoms with Gasteiger partial charge >= 0.3 is 0 Å². The van der Waals surface area contributed by atoms with E-state index < -0.39 is 0 Å². The fourth-order valence-electron chi connectivity index (χ4n) is 4.04. The standard InChI is InChI=1S/C26H30O2/c1-17-8-7-9-18(2)23(17)16-24(21-10-12-25(27-5)19(3)14-21)22-11-13-26(28-6)20(4)15-22/h7-15,24H,16H2,1-6H3. The van der Waals surface area contributed by atoms with Crippen molar-refractivity contribution in [1.82, 2.24) is 0 Å². The average Bonchev–Trinajstić information content (AvgIpc) is 2.68. The minimum atomic E-state index is 0.272. The Balaban J connectivity index is 2.11. The molecule has 0 N–H and O–H groups in total. The van der Waals surface area contributed by atoms with Gasteiger partial charge in [0.2, 0.25) is 0 Å². The van der Waals surface area contributed by atoms with Crippen molar-refractivity contribution in [3.8, 4) is 11.5 Å². The molecule has 0 radical (unpaired) electrons. The van der Waals surface area contributed by atoms with Crippen molar-refractivity contribution >= 4 is 0 Å². The second kappa shape index (κ2) is 8.52. The molecule has 0 aliphatic heterocycles. The van der Waals surface area contributed by atoms with Crippen LogP contribution in [0.2, 0.25) is 0 Å². The molecule has 0 heterocycles.